The molecule has 0 fully saturated rings. The van der Waals surface area contributed by atoms with Crippen LogP contribution in [0.15, 0.2) is 18.2 Å². The van der Waals surface area contributed by atoms with Gasteiger partial charge in [0.2, 0.25) is 5.28 Å². The van der Waals surface area contributed by atoms with E-state index >= 15 is 0 Å². The summed E-state index contributed by atoms with van der Waals surface area (Å²) in [5.74, 6) is 0.0297. The number of halogens is 1. The average Bonchev–Trinajstić information content (AvgIpc) is 2.72. The van der Waals surface area contributed by atoms with Crippen LogP contribution in [0.2, 0.25) is 5.28 Å². The van der Waals surface area contributed by atoms with Crippen molar-refractivity contribution in [1.29, 1.82) is 0 Å². The number of fused-ring (bicyclic) bond motifs is 1. The number of amides is 1. The summed E-state index contributed by atoms with van der Waals surface area (Å²) in [6.45, 7) is 12.2. The van der Waals surface area contributed by atoms with Gasteiger partial charge < -0.3 is 9.47 Å². The number of aromatic nitrogens is 2. The lowest BCUT2D eigenvalue weighted by Gasteiger charge is -2.30. The molecule has 120 valence electrons. The molecule has 0 aliphatic carbocycles. The van der Waals surface area contributed by atoms with Gasteiger partial charge in [0, 0.05) is 23.7 Å². The Bertz CT molecular complexity index is 681. The molecular weight excluding hydrogens is 298 g/mol. The first-order valence-corrected chi connectivity index (χ1v) is 8.12. The first-order valence-electron chi connectivity index (χ1n) is 7.74. The van der Waals surface area contributed by atoms with Gasteiger partial charge in [-0.05, 0) is 71.3 Å². The van der Waals surface area contributed by atoms with Crippen molar-refractivity contribution < 1.29 is 4.79 Å². The molecule has 22 heavy (non-hydrogen) atoms. The Morgan fingerprint density at radius 3 is 2.23 bits per heavy atom. The molecule has 0 radical (unpaired) electrons. The summed E-state index contributed by atoms with van der Waals surface area (Å²) in [4.78, 5) is 19.0. The second-order valence-corrected chi connectivity index (χ2v) is 6.79. The zero-order valence-corrected chi connectivity index (χ0v) is 14.8. The SMILES string of the molecule is CC(C)N(C(=O)c1ccc2c(c1)nc(Cl)n2C(C)C)C(C)C. The normalized spacial score (nSPS) is 11.9. The lowest BCUT2D eigenvalue weighted by atomic mass is 10.1. The lowest BCUT2D eigenvalue weighted by Crippen LogP contribution is -2.42. The van der Waals surface area contributed by atoms with Gasteiger partial charge in [-0.1, -0.05) is 0 Å². The van der Waals surface area contributed by atoms with Crippen molar-refractivity contribution >= 4 is 28.5 Å². The minimum atomic E-state index is 0.0297. The van der Waals surface area contributed by atoms with E-state index in [0.29, 0.717) is 10.8 Å². The highest BCUT2D eigenvalue weighted by atomic mass is 35.5. The van der Waals surface area contributed by atoms with E-state index in [1.165, 1.54) is 0 Å². The van der Waals surface area contributed by atoms with Crippen LogP contribution in [0.1, 0.15) is 57.9 Å². The molecule has 0 atom stereocenters. The third kappa shape index (κ3) is 2.98. The summed E-state index contributed by atoms with van der Waals surface area (Å²) in [5, 5.41) is 0.458. The van der Waals surface area contributed by atoms with Gasteiger partial charge in [-0.2, -0.15) is 0 Å². The number of carbonyl (C=O) groups excluding carboxylic acids is 1. The Labute approximate surface area is 137 Å². The predicted octanol–water partition coefficient (Wildman–Crippen LogP) is 4.53. The summed E-state index contributed by atoms with van der Waals surface area (Å²) in [6, 6.07) is 6.15. The van der Waals surface area contributed by atoms with Gasteiger partial charge in [-0.15, -0.1) is 0 Å². The Kier molecular flexibility index (Phi) is 4.81. The van der Waals surface area contributed by atoms with Gasteiger partial charge in [0.25, 0.3) is 5.91 Å². The van der Waals surface area contributed by atoms with Crippen molar-refractivity contribution in [3.63, 3.8) is 0 Å². The molecule has 0 saturated heterocycles. The monoisotopic (exact) mass is 321 g/mol. The van der Waals surface area contributed by atoms with Crippen molar-refractivity contribution in [3.8, 4) is 0 Å². The Morgan fingerprint density at radius 2 is 1.73 bits per heavy atom. The molecule has 4 nitrogen and oxygen atoms in total. The quantitative estimate of drug-likeness (QED) is 0.829. The number of carbonyl (C=O) groups is 1. The summed E-state index contributed by atoms with van der Waals surface area (Å²) in [5.41, 5.74) is 2.37. The summed E-state index contributed by atoms with van der Waals surface area (Å²) >= 11 is 6.21. The van der Waals surface area contributed by atoms with E-state index in [1.54, 1.807) is 0 Å². The van der Waals surface area contributed by atoms with Gasteiger partial charge in [-0.3, -0.25) is 4.79 Å². The van der Waals surface area contributed by atoms with E-state index in [9.17, 15) is 4.79 Å². The fourth-order valence-electron chi connectivity index (χ4n) is 2.91. The smallest absolute Gasteiger partial charge is 0.254 e. The maximum Gasteiger partial charge on any atom is 0.254 e. The third-order valence-electron chi connectivity index (χ3n) is 3.76. The number of benzene rings is 1. The van der Waals surface area contributed by atoms with Gasteiger partial charge in [0.05, 0.1) is 11.0 Å². The molecule has 0 spiro atoms. The standard InChI is InChI=1S/C17H24ClN3O/c1-10(2)20(11(3)4)16(22)13-7-8-15-14(9-13)19-17(18)21(15)12(5)6/h7-12H,1-6H3. The van der Waals surface area contributed by atoms with Crippen LogP contribution in [0.25, 0.3) is 11.0 Å². The van der Waals surface area contributed by atoms with Crippen LogP contribution in [-0.4, -0.2) is 32.4 Å². The van der Waals surface area contributed by atoms with Crippen LogP contribution in [-0.2, 0) is 0 Å². The molecule has 2 rings (SSSR count). The predicted molar refractivity (Wildman–Crippen MR) is 91.6 cm³/mol. The summed E-state index contributed by atoms with van der Waals surface area (Å²) in [7, 11) is 0. The van der Waals surface area contributed by atoms with Crippen LogP contribution in [0.4, 0.5) is 0 Å². The fraction of sp³-hybridized carbons (Fsp3) is 0.529. The van der Waals surface area contributed by atoms with Crippen molar-refractivity contribution in [1.82, 2.24) is 14.5 Å². The molecule has 0 aliphatic heterocycles. The lowest BCUT2D eigenvalue weighted by molar-refractivity contribution is 0.0644. The summed E-state index contributed by atoms with van der Waals surface area (Å²) in [6.07, 6.45) is 0. The number of nitrogens with zero attached hydrogens (tertiary/aromatic N) is 3. The average molecular weight is 322 g/mol. The number of imidazole rings is 1. The van der Waals surface area contributed by atoms with E-state index in [0.717, 1.165) is 11.0 Å². The fourth-order valence-corrected chi connectivity index (χ4v) is 3.29. The molecule has 0 aliphatic rings. The molecular formula is C17H24ClN3O. The topological polar surface area (TPSA) is 38.1 Å². The van der Waals surface area contributed by atoms with Crippen molar-refractivity contribution in [2.45, 2.75) is 59.7 Å². The zero-order chi connectivity index (χ0) is 16.6. The highest BCUT2D eigenvalue weighted by Crippen LogP contribution is 2.25. The molecule has 1 amide bonds. The molecule has 5 heteroatoms. The van der Waals surface area contributed by atoms with E-state index in [2.05, 4.69) is 18.8 Å². The molecule has 0 bridgehead atoms. The Balaban J connectivity index is 2.48. The number of hydrogen-bond acceptors (Lipinski definition) is 2. The molecule has 1 heterocycles. The number of rotatable bonds is 4. The minimum absolute atomic E-state index is 0.0297. The van der Waals surface area contributed by atoms with Gasteiger partial charge in [0.1, 0.15) is 0 Å². The molecule has 0 unspecified atom stereocenters. The largest absolute Gasteiger partial charge is 0.334 e. The van der Waals surface area contributed by atoms with Crippen LogP contribution < -0.4 is 0 Å². The molecule has 1 aromatic heterocycles. The number of hydrogen-bond donors (Lipinski definition) is 0. The second-order valence-electron chi connectivity index (χ2n) is 6.45. The van der Waals surface area contributed by atoms with Crippen LogP contribution in [0, 0.1) is 0 Å². The maximum atomic E-state index is 12.8. The first-order chi connectivity index (χ1) is 10.2. The molecule has 2 aromatic rings. The highest BCUT2D eigenvalue weighted by Gasteiger charge is 2.22. The Morgan fingerprint density at radius 1 is 1.14 bits per heavy atom. The van der Waals surface area contributed by atoms with Crippen molar-refractivity contribution in [2.24, 2.45) is 0 Å². The van der Waals surface area contributed by atoms with Crippen LogP contribution >= 0.6 is 11.6 Å². The van der Waals surface area contributed by atoms with Crippen molar-refractivity contribution in [3.05, 3.63) is 29.0 Å². The molecule has 0 saturated carbocycles. The third-order valence-corrected chi connectivity index (χ3v) is 4.02. The Hall–Kier alpha value is -1.55. The van der Waals surface area contributed by atoms with E-state index in [4.69, 9.17) is 11.6 Å². The molecule has 1 aromatic carbocycles. The van der Waals surface area contributed by atoms with Crippen molar-refractivity contribution in [2.75, 3.05) is 0 Å². The van der Waals surface area contributed by atoms with Gasteiger partial charge >= 0.3 is 0 Å². The molecule has 0 N–H and O–H groups in total. The van der Waals surface area contributed by atoms with Crippen LogP contribution in [0.3, 0.4) is 0 Å². The van der Waals surface area contributed by atoms with Gasteiger partial charge in [-0.25, -0.2) is 4.98 Å². The van der Waals surface area contributed by atoms with E-state index in [1.807, 2.05) is 55.4 Å². The highest BCUT2D eigenvalue weighted by molar-refractivity contribution is 6.29. The van der Waals surface area contributed by atoms with Crippen LogP contribution in [0.5, 0.6) is 0 Å². The van der Waals surface area contributed by atoms with E-state index < -0.39 is 0 Å². The second kappa shape index (κ2) is 6.29. The van der Waals surface area contributed by atoms with Gasteiger partial charge in [0.15, 0.2) is 0 Å². The van der Waals surface area contributed by atoms with E-state index in [-0.39, 0.29) is 24.0 Å². The minimum Gasteiger partial charge on any atom is -0.334 e. The first kappa shape index (κ1) is 16.8. The zero-order valence-electron chi connectivity index (χ0n) is 14.1. The summed E-state index contributed by atoms with van der Waals surface area (Å²) < 4.78 is 1.97. The maximum absolute atomic E-state index is 12.8.